The van der Waals surface area contributed by atoms with Gasteiger partial charge in [0.15, 0.2) is 0 Å². The molecule has 1 aliphatic heterocycles. The average molecular weight is 330 g/mol. The van der Waals surface area contributed by atoms with Crippen LogP contribution in [0.2, 0.25) is 0 Å². The van der Waals surface area contributed by atoms with Crippen LogP contribution in [0.4, 0.5) is 0 Å². The smallest absolute Gasteiger partial charge is 0.246 e. The van der Waals surface area contributed by atoms with Crippen LogP contribution in [0.5, 0.6) is 0 Å². The number of likely N-dealkylation sites (tertiary alicyclic amines) is 1. The van der Waals surface area contributed by atoms with Crippen LogP contribution < -0.4 is 5.32 Å². The molecule has 1 aliphatic rings. The van der Waals surface area contributed by atoms with Crippen LogP contribution in [-0.2, 0) is 14.3 Å². The van der Waals surface area contributed by atoms with Gasteiger partial charge in [-0.05, 0) is 30.9 Å². The fraction of sp³-hybridized carbons (Fsp3) is 0.474. The SMILES string of the molecule is COCCNC(=O)C1CCCN(C(=O)/C=C/c2ccccc2)CC1. The summed E-state index contributed by atoms with van der Waals surface area (Å²) in [5.74, 6) is 0.0678. The highest BCUT2D eigenvalue weighted by Gasteiger charge is 2.24. The first-order valence-corrected chi connectivity index (χ1v) is 8.49. The number of carbonyl (C=O) groups excluding carboxylic acids is 2. The van der Waals surface area contributed by atoms with E-state index < -0.39 is 0 Å². The molecule has 2 rings (SSSR count). The molecule has 1 unspecified atom stereocenters. The molecule has 0 aromatic heterocycles. The van der Waals surface area contributed by atoms with E-state index in [0.29, 0.717) is 32.7 Å². The number of carbonyl (C=O) groups is 2. The van der Waals surface area contributed by atoms with Crippen LogP contribution in [0.1, 0.15) is 24.8 Å². The quantitative estimate of drug-likeness (QED) is 0.642. The highest BCUT2D eigenvalue weighted by atomic mass is 16.5. The number of rotatable bonds is 6. The van der Waals surface area contributed by atoms with Gasteiger partial charge in [-0.15, -0.1) is 0 Å². The summed E-state index contributed by atoms with van der Waals surface area (Å²) >= 11 is 0. The Hall–Kier alpha value is -2.14. The van der Waals surface area contributed by atoms with Gasteiger partial charge in [-0.1, -0.05) is 30.3 Å². The summed E-state index contributed by atoms with van der Waals surface area (Å²) in [5, 5.41) is 2.89. The summed E-state index contributed by atoms with van der Waals surface area (Å²) in [6.45, 7) is 2.39. The zero-order valence-electron chi connectivity index (χ0n) is 14.2. The van der Waals surface area contributed by atoms with Crippen molar-refractivity contribution in [2.24, 2.45) is 5.92 Å². The topological polar surface area (TPSA) is 58.6 Å². The van der Waals surface area contributed by atoms with E-state index >= 15 is 0 Å². The Morgan fingerprint density at radius 3 is 2.79 bits per heavy atom. The number of nitrogens with zero attached hydrogens (tertiary/aromatic N) is 1. The van der Waals surface area contributed by atoms with Crippen molar-refractivity contribution in [3.63, 3.8) is 0 Å². The molecule has 0 bridgehead atoms. The summed E-state index contributed by atoms with van der Waals surface area (Å²) in [5.41, 5.74) is 1.01. The van der Waals surface area contributed by atoms with Gasteiger partial charge >= 0.3 is 0 Å². The number of nitrogens with one attached hydrogen (secondary N) is 1. The van der Waals surface area contributed by atoms with Crippen LogP contribution in [0.25, 0.3) is 6.08 Å². The van der Waals surface area contributed by atoms with Crippen molar-refractivity contribution < 1.29 is 14.3 Å². The lowest BCUT2D eigenvalue weighted by atomic mass is 10.00. The van der Waals surface area contributed by atoms with Gasteiger partial charge < -0.3 is 15.0 Å². The molecule has 1 N–H and O–H groups in total. The minimum atomic E-state index is -0.0160. The van der Waals surface area contributed by atoms with E-state index in [1.165, 1.54) is 0 Å². The molecule has 5 nitrogen and oxygen atoms in total. The van der Waals surface area contributed by atoms with Gasteiger partial charge in [0.1, 0.15) is 0 Å². The Balaban J connectivity index is 1.82. The van der Waals surface area contributed by atoms with E-state index in [-0.39, 0.29) is 17.7 Å². The summed E-state index contributed by atoms with van der Waals surface area (Å²) in [4.78, 5) is 26.3. The van der Waals surface area contributed by atoms with Gasteiger partial charge in [0, 0.05) is 38.7 Å². The second-order valence-electron chi connectivity index (χ2n) is 5.98. The van der Waals surface area contributed by atoms with Crippen LogP contribution in [0.15, 0.2) is 36.4 Å². The van der Waals surface area contributed by atoms with E-state index in [1.54, 1.807) is 13.2 Å². The van der Waals surface area contributed by atoms with E-state index in [9.17, 15) is 9.59 Å². The lowest BCUT2D eigenvalue weighted by Crippen LogP contribution is -2.34. The van der Waals surface area contributed by atoms with E-state index in [0.717, 1.165) is 18.4 Å². The molecule has 0 radical (unpaired) electrons. The Kier molecular flexibility index (Phi) is 7.49. The standard InChI is InChI=1S/C19H26N2O3/c1-24-15-12-20-19(23)17-8-5-13-21(14-11-17)18(22)10-9-16-6-3-2-4-7-16/h2-4,6-7,9-10,17H,5,8,11-15H2,1H3,(H,20,23)/b10-9+. The van der Waals surface area contributed by atoms with Crippen LogP contribution in [0, 0.1) is 5.92 Å². The molecule has 0 aliphatic carbocycles. The summed E-state index contributed by atoms with van der Waals surface area (Å²) < 4.78 is 4.94. The summed E-state index contributed by atoms with van der Waals surface area (Å²) in [6.07, 6.45) is 5.85. The summed E-state index contributed by atoms with van der Waals surface area (Å²) in [6, 6.07) is 9.77. The van der Waals surface area contributed by atoms with Gasteiger partial charge in [-0.3, -0.25) is 9.59 Å². The largest absolute Gasteiger partial charge is 0.383 e. The molecule has 0 spiro atoms. The Morgan fingerprint density at radius 1 is 1.25 bits per heavy atom. The predicted molar refractivity (Wildman–Crippen MR) is 94.3 cm³/mol. The van der Waals surface area contributed by atoms with Crippen molar-refractivity contribution in [3.05, 3.63) is 42.0 Å². The number of hydrogen-bond acceptors (Lipinski definition) is 3. The van der Waals surface area contributed by atoms with Crippen LogP contribution in [-0.4, -0.2) is 50.1 Å². The molecule has 1 aromatic rings. The lowest BCUT2D eigenvalue weighted by molar-refractivity contribution is -0.127. The molecular weight excluding hydrogens is 304 g/mol. The number of benzene rings is 1. The minimum Gasteiger partial charge on any atom is -0.383 e. The number of hydrogen-bond donors (Lipinski definition) is 1. The number of ether oxygens (including phenoxy) is 1. The van der Waals surface area contributed by atoms with Gasteiger partial charge in [-0.2, -0.15) is 0 Å². The van der Waals surface area contributed by atoms with Crippen LogP contribution >= 0.6 is 0 Å². The van der Waals surface area contributed by atoms with Crippen molar-refractivity contribution >= 4 is 17.9 Å². The van der Waals surface area contributed by atoms with Gasteiger partial charge in [0.05, 0.1) is 6.61 Å². The normalized spacial score (nSPS) is 18.4. The van der Waals surface area contributed by atoms with Gasteiger partial charge in [-0.25, -0.2) is 0 Å². The number of methoxy groups -OCH3 is 1. The molecule has 1 aromatic carbocycles. The molecule has 1 atom stereocenters. The van der Waals surface area contributed by atoms with E-state index in [2.05, 4.69) is 5.32 Å². The van der Waals surface area contributed by atoms with Gasteiger partial charge in [0.25, 0.3) is 0 Å². The Labute approximate surface area is 143 Å². The number of amides is 2. The average Bonchev–Trinajstić information content (AvgIpc) is 2.87. The predicted octanol–water partition coefficient (Wildman–Crippen LogP) is 2.09. The third kappa shape index (κ3) is 5.81. The van der Waals surface area contributed by atoms with Crippen molar-refractivity contribution in [1.82, 2.24) is 10.2 Å². The fourth-order valence-corrected chi connectivity index (χ4v) is 2.84. The third-order valence-corrected chi connectivity index (χ3v) is 4.23. The minimum absolute atomic E-state index is 0.0132. The lowest BCUT2D eigenvalue weighted by Gasteiger charge is -2.18. The van der Waals surface area contributed by atoms with Crippen LogP contribution in [0.3, 0.4) is 0 Å². The maximum absolute atomic E-state index is 12.3. The molecule has 0 saturated carbocycles. The van der Waals surface area contributed by atoms with E-state index in [4.69, 9.17) is 4.74 Å². The Morgan fingerprint density at radius 2 is 2.04 bits per heavy atom. The van der Waals surface area contributed by atoms with Crippen molar-refractivity contribution in [1.29, 1.82) is 0 Å². The second-order valence-corrected chi connectivity index (χ2v) is 5.98. The fourth-order valence-electron chi connectivity index (χ4n) is 2.84. The molecule has 1 fully saturated rings. The zero-order chi connectivity index (χ0) is 17.2. The Bertz CT molecular complexity index is 557. The van der Waals surface area contributed by atoms with Gasteiger partial charge in [0.2, 0.25) is 11.8 Å². The molecule has 1 saturated heterocycles. The highest BCUT2D eigenvalue weighted by Crippen LogP contribution is 2.18. The third-order valence-electron chi connectivity index (χ3n) is 4.23. The highest BCUT2D eigenvalue weighted by molar-refractivity contribution is 5.91. The molecule has 130 valence electrons. The monoisotopic (exact) mass is 330 g/mol. The van der Waals surface area contributed by atoms with Crippen molar-refractivity contribution in [2.45, 2.75) is 19.3 Å². The zero-order valence-corrected chi connectivity index (χ0v) is 14.2. The maximum atomic E-state index is 12.3. The van der Waals surface area contributed by atoms with Crippen molar-refractivity contribution in [3.8, 4) is 0 Å². The van der Waals surface area contributed by atoms with E-state index in [1.807, 2.05) is 41.3 Å². The molecule has 1 heterocycles. The summed E-state index contributed by atoms with van der Waals surface area (Å²) in [7, 11) is 1.62. The molecular formula is C19H26N2O3. The first-order chi connectivity index (χ1) is 11.7. The molecule has 2 amide bonds. The van der Waals surface area contributed by atoms with Crippen molar-refractivity contribution in [2.75, 3.05) is 33.4 Å². The molecule has 24 heavy (non-hydrogen) atoms. The second kappa shape index (κ2) is 9.88. The first kappa shape index (κ1) is 18.2. The maximum Gasteiger partial charge on any atom is 0.246 e. The molecule has 5 heteroatoms. The first-order valence-electron chi connectivity index (χ1n) is 8.49.